The molecule has 2 aromatic heterocycles. The van der Waals surface area contributed by atoms with Crippen molar-refractivity contribution in [1.29, 1.82) is 0 Å². The fraction of sp³-hybridized carbons (Fsp3) is 0.278. The number of rotatable bonds is 6. The van der Waals surface area contributed by atoms with Gasteiger partial charge in [0.15, 0.2) is 0 Å². The zero-order valence-corrected chi connectivity index (χ0v) is 17.0. The minimum absolute atomic E-state index is 0.0108. The molecule has 0 aliphatic rings. The van der Waals surface area contributed by atoms with Gasteiger partial charge in [-0.25, -0.2) is 4.79 Å². The quantitative estimate of drug-likeness (QED) is 0.611. The van der Waals surface area contributed by atoms with Crippen molar-refractivity contribution in [3.8, 4) is 0 Å². The third-order valence-electron chi connectivity index (χ3n) is 4.22. The van der Waals surface area contributed by atoms with Crippen LogP contribution >= 0.6 is 22.9 Å². The molecule has 0 saturated carbocycles. The highest BCUT2D eigenvalue weighted by Crippen LogP contribution is 2.33. The smallest absolute Gasteiger partial charge is 0.383 e. The highest BCUT2D eigenvalue weighted by molar-refractivity contribution is 7.17. The number of nitrogens with one attached hydrogen (secondary N) is 1. The van der Waals surface area contributed by atoms with Crippen LogP contribution in [0.3, 0.4) is 0 Å². The number of ether oxygens (including phenoxy) is 1. The molecule has 160 valence electrons. The Balaban J connectivity index is 1.95. The maximum atomic E-state index is 12.9. The summed E-state index contributed by atoms with van der Waals surface area (Å²) in [6, 6.07) is 4.05. The number of methoxy groups -OCH3 is 1. The second kappa shape index (κ2) is 8.62. The van der Waals surface area contributed by atoms with Gasteiger partial charge in [-0.15, -0.1) is 11.3 Å². The van der Waals surface area contributed by atoms with Gasteiger partial charge in [0.1, 0.15) is 11.2 Å². The Morgan fingerprint density at radius 2 is 1.97 bits per heavy atom. The Kier molecular flexibility index (Phi) is 6.34. The van der Waals surface area contributed by atoms with E-state index < -0.39 is 35.4 Å². The molecule has 1 N–H and O–H groups in total. The van der Waals surface area contributed by atoms with Crippen molar-refractivity contribution in [1.82, 2.24) is 9.13 Å². The summed E-state index contributed by atoms with van der Waals surface area (Å²) in [6.07, 6.45) is -4.61. The lowest BCUT2D eigenvalue weighted by molar-refractivity contribution is -0.137. The van der Waals surface area contributed by atoms with Crippen molar-refractivity contribution in [2.75, 3.05) is 19.0 Å². The van der Waals surface area contributed by atoms with Crippen molar-refractivity contribution in [2.45, 2.75) is 19.3 Å². The average molecular weight is 462 g/mol. The summed E-state index contributed by atoms with van der Waals surface area (Å²) >= 11 is 7.01. The normalized spacial score (nSPS) is 11.8. The molecular formula is C18H15ClF3N3O4S. The van der Waals surface area contributed by atoms with E-state index in [4.69, 9.17) is 16.3 Å². The van der Waals surface area contributed by atoms with Crippen LogP contribution < -0.4 is 16.6 Å². The number of anilines is 1. The minimum atomic E-state index is -4.61. The number of carbonyl (C=O) groups excluding carboxylic acids is 1. The largest absolute Gasteiger partial charge is 0.416 e. The molecule has 1 amide bonds. The minimum Gasteiger partial charge on any atom is -0.383 e. The van der Waals surface area contributed by atoms with Gasteiger partial charge < -0.3 is 10.1 Å². The molecule has 0 saturated heterocycles. The molecule has 3 rings (SSSR count). The van der Waals surface area contributed by atoms with Crippen LogP contribution in [0, 0.1) is 0 Å². The van der Waals surface area contributed by atoms with E-state index in [-0.39, 0.29) is 34.1 Å². The topological polar surface area (TPSA) is 82.3 Å². The average Bonchev–Trinajstić information content (AvgIpc) is 3.16. The lowest BCUT2D eigenvalue weighted by Gasteiger charge is -2.14. The molecule has 0 radical (unpaired) electrons. The number of fused-ring (bicyclic) bond motifs is 1. The van der Waals surface area contributed by atoms with E-state index in [0.29, 0.717) is 6.07 Å². The van der Waals surface area contributed by atoms with E-state index in [0.717, 1.165) is 32.6 Å². The van der Waals surface area contributed by atoms with Crippen LogP contribution in [0.15, 0.2) is 39.2 Å². The molecule has 30 heavy (non-hydrogen) atoms. The number of alkyl halides is 3. The maximum absolute atomic E-state index is 12.9. The second-order valence-electron chi connectivity index (χ2n) is 6.19. The molecule has 1 aromatic carbocycles. The lowest BCUT2D eigenvalue weighted by Crippen LogP contribution is -2.42. The summed E-state index contributed by atoms with van der Waals surface area (Å²) in [5, 5.41) is 3.81. The predicted octanol–water partition coefficient (Wildman–Crippen LogP) is 3.18. The molecule has 0 fully saturated rings. The number of carbonyl (C=O) groups is 1. The Morgan fingerprint density at radius 3 is 2.63 bits per heavy atom. The maximum Gasteiger partial charge on any atom is 0.416 e. The SMILES string of the molecule is COCCn1c(=O)c2sccc2n(CC(=O)Nc2cc(C(F)(F)F)ccc2Cl)c1=O. The second-order valence-corrected chi connectivity index (χ2v) is 7.52. The number of nitrogens with zero attached hydrogens (tertiary/aromatic N) is 2. The summed E-state index contributed by atoms with van der Waals surface area (Å²) in [4.78, 5) is 37.8. The van der Waals surface area contributed by atoms with Gasteiger partial charge in [0.2, 0.25) is 5.91 Å². The summed E-state index contributed by atoms with van der Waals surface area (Å²) in [7, 11) is 1.42. The van der Waals surface area contributed by atoms with E-state index in [1.165, 1.54) is 13.2 Å². The first-order valence-electron chi connectivity index (χ1n) is 8.50. The number of amides is 1. The molecule has 3 aromatic rings. The highest BCUT2D eigenvalue weighted by atomic mass is 35.5. The zero-order valence-electron chi connectivity index (χ0n) is 15.5. The standard InChI is InChI=1S/C18H15ClF3N3O4S/c1-29-6-5-24-16(27)15-13(4-7-30-15)25(17(24)28)9-14(26)23-12-8-10(18(20,21)22)2-3-11(12)19/h2-4,7-8H,5-6,9H2,1H3,(H,23,26). The Hall–Kier alpha value is -2.63. The molecule has 0 bridgehead atoms. The third kappa shape index (κ3) is 4.42. The van der Waals surface area contributed by atoms with Crippen molar-refractivity contribution in [3.05, 3.63) is 61.1 Å². The van der Waals surface area contributed by atoms with Crippen LogP contribution in [0.5, 0.6) is 0 Å². The van der Waals surface area contributed by atoms with Crippen LogP contribution in [-0.2, 0) is 28.8 Å². The first kappa shape index (κ1) is 22.1. The third-order valence-corrected chi connectivity index (χ3v) is 5.45. The van der Waals surface area contributed by atoms with E-state index in [9.17, 15) is 27.6 Å². The van der Waals surface area contributed by atoms with Gasteiger partial charge in [-0.3, -0.25) is 18.7 Å². The molecular weight excluding hydrogens is 447 g/mol. The Bertz CT molecular complexity index is 1220. The number of hydrogen-bond acceptors (Lipinski definition) is 5. The number of hydrogen-bond donors (Lipinski definition) is 1. The van der Waals surface area contributed by atoms with Crippen molar-refractivity contribution >= 4 is 44.7 Å². The monoisotopic (exact) mass is 461 g/mol. The van der Waals surface area contributed by atoms with Gasteiger partial charge in [-0.05, 0) is 29.6 Å². The van der Waals surface area contributed by atoms with Gasteiger partial charge in [-0.2, -0.15) is 13.2 Å². The van der Waals surface area contributed by atoms with E-state index >= 15 is 0 Å². The van der Waals surface area contributed by atoms with Crippen LogP contribution in [-0.4, -0.2) is 28.8 Å². The summed E-state index contributed by atoms with van der Waals surface area (Å²) in [5.41, 5.74) is -2.19. The van der Waals surface area contributed by atoms with E-state index in [1.54, 1.807) is 5.38 Å². The first-order chi connectivity index (χ1) is 14.1. The van der Waals surface area contributed by atoms with Crippen LogP contribution in [0.1, 0.15) is 5.56 Å². The first-order valence-corrected chi connectivity index (χ1v) is 9.75. The molecule has 0 spiro atoms. The molecule has 12 heteroatoms. The Labute approximate surface area is 176 Å². The predicted molar refractivity (Wildman–Crippen MR) is 107 cm³/mol. The van der Waals surface area contributed by atoms with Crippen LogP contribution in [0.4, 0.5) is 18.9 Å². The number of aromatic nitrogens is 2. The van der Waals surface area contributed by atoms with E-state index in [2.05, 4.69) is 5.32 Å². The molecule has 0 aliphatic heterocycles. The van der Waals surface area contributed by atoms with Gasteiger partial charge >= 0.3 is 11.9 Å². The van der Waals surface area contributed by atoms with E-state index in [1.807, 2.05) is 0 Å². The summed E-state index contributed by atoms with van der Waals surface area (Å²) < 4.78 is 46.0. The van der Waals surface area contributed by atoms with Crippen molar-refractivity contribution in [2.24, 2.45) is 0 Å². The fourth-order valence-electron chi connectivity index (χ4n) is 2.80. The van der Waals surface area contributed by atoms with Gasteiger partial charge in [0.05, 0.1) is 34.9 Å². The lowest BCUT2D eigenvalue weighted by atomic mass is 10.2. The summed E-state index contributed by atoms with van der Waals surface area (Å²) in [6.45, 7) is -0.424. The van der Waals surface area contributed by atoms with Crippen LogP contribution in [0.2, 0.25) is 5.02 Å². The fourth-order valence-corrected chi connectivity index (χ4v) is 3.80. The molecule has 0 atom stereocenters. The van der Waals surface area contributed by atoms with Crippen molar-refractivity contribution in [3.63, 3.8) is 0 Å². The summed E-state index contributed by atoms with van der Waals surface area (Å²) in [5.74, 6) is -0.775. The molecule has 2 heterocycles. The zero-order chi connectivity index (χ0) is 22.1. The van der Waals surface area contributed by atoms with Gasteiger partial charge in [0.25, 0.3) is 5.56 Å². The molecule has 0 unspecified atom stereocenters. The molecule has 0 aliphatic carbocycles. The van der Waals surface area contributed by atoms with Crippen LogP contribution in [0.25, 0.3) is 10.2 Å². The van der Waals surface area contributed by atoms with Gasteiger partial charge in [0, 0.05) is 7.11 Å². The number of benzene rings is 1. The number of thiophene rings is 1. The Morgan fingerprint density at radius 1 is 1.23 bits per heavy atom. The van der Waals surface area contributed by atoms with Crippen molar-refractivity contribution < 1.29 is 22.7 Å². The number of halogens is 4. The molecule has 7 nitrogen and oxygen atoms in total. The highest BCUT2D eigenvalue weighted by Gasteiger charge is 2.31. The van der Waals surface area contributed by atoms with Gasteiger partial charge in [-0.1, -0.05) is 11.6 Å².